The second-order valence-electron chi connectivity index (χ2n) is 5.11. The van der Waals surface area contributed by atoms with Gasteiger partial charge < -0.3 is 14.6 Å². The summed E-state index contributed by atoms with van der Waals surface area (Å²) >= 11 is 0. The highest BCUT2D eigenvalue weighted by Crippen LogP contribution is 2.25. The van der Waals surface area contributed by atoms with Crippen molar-refractivity contribution >= 4 is 11.9 Å². The van der Waals surface area contributed by atoms with Crippen molar-refractivity contribution in [1.82, 2.24) is 0 Å². The van der Waals surface area contributed by atoms with Crippen LogP contribution in [0.25, 0.3) is 0 Å². The largest absolute Gasteiger partial charge is 0.490 e. The molecule has 0 aliphatic heterocycles. The van der Waals surface area contributed by atoms with Gasteiger partial charge in [-0.1, -0.05) is 6.42 Å². The molecule has 1 aromatic rings. The molecule has 114 valence electrons. The lowest BCUT2D eigenvalue weighted by Crippen LogP contribution is -2.20. The van der Waals surface area contributed by atoms with E-state index in [0.717, 1.165) is 25.7 Å². The van der Waals surface area contributed by atoms with Crippen LogP contribution in [0.4, 0.5) is 0 Å². The van der Waals surface area contributed by atoms with E-state index in [1.54, 1.807) is 13.0 Å². The maximum absolute atomic E-state index is 11.7. The molecule has 0 amide bonds. The molecule has 5 heteroatoms. The third-order valence-corrected chi connectivity index (χ3v) is 3.57. The summed E-state index contributed by atoms with van der Waals surface area (Å²) in [6.07, 6.45) is 5.61. The van der Waals surface area contributed by atoms with Gasteiger partial charge in [0.15, 0.2) is 0 Å². The van der Waals surface area contributed by atoms with Crippen molar-refractivity contribution in [2.45, 2.75) is 45.1 Å². The number of carbonyl (C=O) groups excluding carboxylic acids is 1. The summed E-state index contributed by atoms with van der Waals surface area (Å²) in [7, 11) is 0. The van der Waals surface area contributed by atoms with Crippen molar-refractivity contribution in [2.75, 3.05) is 6.61 Å². The Labute approximate surface area is 123 Å². The van der Waals surface area contributed by atoms with Crippen LogP contribution >= 0.6 is 0 Å². The zero-order valence-electron chi connectivity index (χ0n) is 12.1. The van der Waals surface area contributed by atoms with E-state index in [1.165, 1.54) is 18.6 Å². The first-order valence-corrected chi connectivity index (χ1v) is 7.33. The first-order chi connectivity index (χ1) is 10.1. The summed E-state index contributed by atoms with van der Waals surface area (Å²) in [5.41, 5.74) is -0.0258. The predicted octanol–water partition coefficient (Wildman–Crippen LogP) is 3.27. The zero-order valence-corrected chi connectivity index (χ0v) is 12.1. The van der Waals surface area contributed by atoms with E-state index in [0.29, 0.717) is 5.75 Å². The first kappa shape index (κ1) is 15.4. The molecule has 0 spiro atoms. The Kier molecular flexibility index (Phi) is 5.20. The fourth-order valence-corrected chi connectivity index (χ4v) is 2.54. The van der Waals surface area contributed by atoms with E-state index >= 15 is 0 Å². The van der Waals surface area contributed by atoms with E-state index in [-0.39, 0.29) is 23.8 Å². The van der Waals surface area contributed by atoms with Crippen molar-refractivity contribution in [3.63, 3.8) is 0 Å². The van der Waals surface area contributed by atoms with E-state index in [4.69, 9.17) is 9.47 Å². The molecule has 2 rings (SSSR count). The van der Waals surface area contributed by atoms with Gasteiger partial charge in [-0.3, -0.25) is 0 Å². The van der Waals surface area contributed by atoms with Gasteiger partial charge in [0, 0.05) is 0 Å². The van der Waals surface area contributed by atoms with Gasteiger partial charge >= 0.3 is 11.9 Å². The van der Waals surface area contributed by atoms with Gasteiger partial charge in [0.1, 0.15) is 5.75 Å². The molecule has 1 N–H and O–H groups in total. The minimum Gasteiger partial charge on any atom is -0.490 e. The molecule has 1 aromatic carbocycles. The number of carboxylic acids is 1. The van der Waals surface area contributed by atoms with Crippen LogP contribution in [0.5, 0.6) is 5.75 Å². The number of carbonyl (C=O) groups is 2. The number of rotatable bonds is 5. The number of hydrogen-bond acceptors (Lipinski definition) is 4. The molecular weight excluding hydrogens is 272 g/mol. The lowest BCUT2D eigenvalue weighted by Gasteiger charge is -2.23. The number of aromatic carboxylic acids is 1. The van der Waals surface area contributed by atoms with Crippen LogP contribution in [0.15, 0.2) is 18.2 Å². The van der Waals surface area contributed by atoms with Crippen LogP contribution in [-0.2, 0) is 4.74 Å². The molecule has 0 bridgehead atoms. The Bertz CT molecular complexity index is 517. The summed E-state index contributed by atoms with van der Waals surface area (Å²) < 4.78 is 10.7. The quantitative estimate of drug-likeness (QED) is 0.843. The molecule has 0 atom stereocenters. The minimum absolute atomic E-state index is 0.0559. The molecule has 0 aromatic heterocycles. The molecule has 1 aliphatic rings. The van der Waals surface area contributed by atoms with E-state index < -0.39 is 11.9 Å². The SMILES string of the molecule is CCOC(=O)c1ccc(OC2CCCCC2)cc1C(=O)O. The van der Waals surface area contributed by atoms with Crippen LogP contribution in [0.3, 0.4) is 0 Å². The van der Waals surface area contributed by atoms with E-state index in [1.807, 2.05) is 0 Å². The van der Waals surface area contributed by atoms with Crippen molar-refractivity contribution in [2.24, 2.45) is 0 Å². The fourth-order valence-electron chi connectivity index (χ4n) is 2.54. The average molecular weight is 292 g/mol. The molecule has 1 fully saturated rings. The summed E-state index contributed by atoms with van der Waals surface area (Å²) in [6.45, 7) is 1.89. The molecular formula is C16H20O5. The maximum Gasteiger partial charge on any atom is 0.339 e. The predicted molar refractivity (Wildman–Crippen MR) is 76.9 cm³/mol. The second kappa shape index (κ2) is 7.11. The van der Waals surface area contributed by atoms with Crippen molar-refractivity contribution in [1.29, 1.82) is 0 Å². The minimum atomic E-state index is -1.16. The van der Waals surface area contributed by atoms with Crippen LogP contribution in [0.1, 0.15) is 59.7 Å². The Balaban J connectivity index is 2.19. The summed E-state index contributed by atoms with van der Waals surface area (Å²) in [5, 5.41) is 9.25. The van der Waals surface area contributed by atoms with Gasteiger partial charge in [-0.15, -0.1) is 0 Å². The molecule has 0 unspecified atom stereocenters. The van der Waals surface area contributed by atoms with Gasteiger partial charge in [-0.25, -0.2) is 9.59 Å². The van der Waals surface area contributed by atoms with Crippen LogP contribution in [0, 0.1) is 0 Å². The van der Waals surface area contributed by atoms with Gasteiger partial charge in [-0.05, 0) is 50.8 Å². The molecule has 1 aliphatic carbocycles. The van der Waals surface area contributed by atoms with Gasteiger partial charge in [0.25, 0.3) is 0 Å². The highest BCUT2D eigenvalue weighted by molar-refractivity contribution is 6.02. The number of esters is 1. The second-order valence-corrected chi connectivity index (χ2v) is 5.11. The smallest absolute Gasteiger partial charge is 0.339 e. The molecule has 21 heavy (non-hydrogen) atoms. The molecule has 0 saturated heterocycles. The van der Waals surface area contributed by atoms with Crippen LogP contribution < -0.4 is 4.74 Å². The summed E-state index contributed by atoms with van der Waals surface area (Å²) in [5.74, 6) is -1.29. The number of hydrogen-bond donors (Lipinski definition) is 1. The van der Waals surface area contributed by atoms with Gasteiger partial charge in [0.05, 0.1) is 23.8 Å². The van der Waals surface area contributed by atoms with Gasteiger partial charge in [0.2, 0.25) is 0 Å². The standard InChI is InChI=1S/C16H20O5/c1-2-20-16(19)13-9-8-12(10-14(13)15(17)18)21-11-6-4-3-5-7-11/h8-11H,2-7H2,1H3,(H,17,18). The molecule has 1 saturated carbocycles. The van der Waals surface area contributed by atoms with Crippen molar-refractivity contribution in [3.8, 4) is 5.75 Å². The fraction of sp³-hybridized carbons (Fsp3) is 0.500. The monoisotopic (exact) mass is 292 g/mol. The Morgan fingerprint density at radius 2 is 1.90 bits per heavy atom. The summed E-state index contributed by atoms with van der Waals surface area (Å²) in [6, 6.07) is 4.50. The highest BCUT2D eigenvalue weighted by Gasteiger charge is 2.20. The topological polar surface area (TPSA) is 72.8 Å². The molecule has 0 radical (unpaired) electrons. The van der Waals surface area contributed by atoms with Crippen molar-refractivity contribution in [3.05, 3.63) is 29.3 Å². The Morgan fingerprint density at radius 3 is 2.52 bits per heavy atom. The zero-order chi connectivity index (χ0) is 15.2. The summed E-state index contributed by atoms with van der Waals surface area (Å²) in [4.78, 5) is 23.1. The third kappa shape index (κ3) is 3.97. The maximum atomic E-state index is 11.7. The van der Waals surface area contributed by atoms with Crippen LogP contribution in [0.2, 0.25) is 0 Å². The van der Waals surface area contributed by atoms with E-state index in [9.17, 15) is 14.7 Å². The van der Waals surface area contributed by atoms with Crippen LogP contribution in [-0.4, -0.2) is 29.8 Å². The number of carboxylic acid groups (broad SMARTS) is 1. The Morgan fingerprint density at radius 1 is 1.19 bits per heavy atom. The average Bonchev–Trinajstić information content (AvgIpc) is 2.48. The first-order valence-electron chi connectivity index (χ1n) is 7.33. The third-order valence-electron chi connectivity index (χ3n) is 3.57. The lowest BCUT2D eigenvalue weighted by molar-refractivity contribution is 0.0514. The molecule has 0 heterocycles. The van der Waals surface area contributed by atoms with Crippen molar-refractivity contribution < 1.29 is 24.2 Å². The highest BCUT2D eigenvalue weighted by atomic mass is 16.5. The normalized spacial score (nSPS) is 15.5. The molecule has 5 nitrogen and oxygen atoms in total. The number of ether oxygens (including phenoxy) is 2. The number of benzene rings is 1. The lowest BCUT2D eigenvalue weighted by atomic mass is 9.97. The van der Waals surface area contributed by atoms with E-state index in [2.05, 4.69) is 0 Å². The Hall–Kier alpha value is -2.04. The van der Waals surface area contributed by atoms with Gasteiger partial charge in [-0.2, -0.15) is 0 Å².